The summed E-state index contributed by atoms with van der Waals surface area (Å²) in [6.45, 7) is 0. The molecule has 0 radical (unpaired) electrons. The first-order chi connectivity index (χ1) is 9.72. The summed E-state index contributed by atoms with van der Waals surface area (Å²) in [5.41, 5.74) is 0.866. The molecular weight excluding hydrogens is 312 g/mol. The molecule has 104 valence electrons. The molecule has 0 bridgehead atoms. The van der Waals surface area contributed by atoms with Gasteiger partial charge in [-0.1, -0.05) is 23.8 Å². The fourth-order valence-electron chi connectivity index (χ4n) is 2.14. The molecule has 3 rings (SSSR count). The number of hydrogen-bond donors (Lipinski definition) is 1. The number of halogens is 1. The van der Waals surface area contributed by atoms with Crippen molar-refractivity contribution in [1.29, 1.82) is 0 Å². The van der Waals surface area contributed by atoms with Crippen LogP contribution >= 0.6 is 34.3 Å². The van der Waals surface area contributed by atoms with E-state index in [9.17, 15) is 4.79 Å². The number of thiazole rings is 1. The summed E-state index contributed by atoms with van der Waals surface area (Å²) in [5, 5.41) is 5.51. The Balaban J connectivity index is 1.68. The number of carbonyl (C=O) groups is 1. The van der Waals surface area contributed by atoms with E-state index < -0.39 is 0 Å². The predicted octanol–water partition coefficient (Wildman–Crippen LogP) is 4.82. The fraction of sp³-hybridized carbons (Fsp3) is 0.286. The van der Waals surface area contributed by atoms with Gasteiger partial charge in [0.2, 0.25) is 5.91 Å². The summed E-state index contributed by atoms with van der Waals surface area (Å²) in [6.07, 6.45) is 6.93. The molecule has 0 spiro atoms. The Morgan fingerprint density at radius 2 is 2.30 bits per heavy atom. The minimum absolute atomic E-state index is 0.0689. The smallest absolute Gasteiger partial charge is 0.229 e. The van der Waals surface area contributed by atoms with E-state index in [4.69, 9.17) is 11.6 Å². The zero-order chi connectivity index (χ0) is 13.9. The number of nitrogens with zero attached hydrogens (tertiary/aromatic N) is 1. The van der Waals surface area contributed by atoms with E-state index in [0.29, 0.717) is 5.13 Å². The average molecular weight is 325 g/mol. The lowest BCUT2D eigenvalue weighted by Gasteiger charge is -2.15. The standard InChI is InChI=1S/C14H13ClN2OS2/c15-12-7-6-11(20-12)10-8-19-14(16-10)17-13(18)9-4-2-1-3-5-9/h1-2,6-9H,3-5H2,(H,16,17,18). The van der Waals surface area contributed by atoms with Gasteiger partial charge >= 0.3 is 0 Å². The van der Waals surface area contributed by atoms with Crippen molar-refractivity contribution in [2.75, 3.05) is 5.32 Å². The van der Waals surface area contributed by atoms with Gasteiger partial charge in [0.1, 0.15) is 0 Å². The fourth-order valence-corrected chi connectivity index (χ4v) is 3.93. The van der Waals surface area contributed by atoms with E-state index in [1.807, 2.05) is 17.5 Å². The van der Waals surface area contributed by atoms with Crippen molar-refractivity contribution in [3.63, 3.8) is 0 Å². The van der Waals surface area contributed by atoms with Crippen molar-refractivity contribution in [3.05, 3.63) is 34.0 Å². The molecule has 20 heavy (non-hydrogen) atoms. The molecule has 0 aromatic carbocycles. The minimum Gasteiger partial charge on any atom is -0.302 e. The van der Waals surface area contributed by atoms with E-state index in [-0.39, 0.29) is 11.8 Å². The lowest BCUT2D eigenvalue weighted by molar-refractivity contribution is -0.120. The van der Waals surface area contributed by atoms with Gasteiger partial charge in [-0.3, -0.25) is 4.79 Å². The lowest BCUT2D eigenvalue weighted by Crippen LogP contribution is -2.23. The van der Waals surface area contributed by atoms with Crippen LogP contribution in [0.1, 0.15) is 19.3 Å². The Hall–Kier alpha value is -1.17. The topological polar surface area (TPSA) is 42.0 Å². The number of aromatic nitrogens is 1. The highest BCUT2D eigenvalue weighted by Gasteiger charge is 2.19. The molecule has 2 aromatic rings. The zero-order valence-electron chi connectivity index (χ0n) is 10.6. The molecule has 0 saturated heterocycles. The third kappa shape index (κ3) is 3.11. The first-order valence-electron chi connectivity index (χ1n) is 6.39. The second-order valence-corrected chi connectivity index (χ2v) is 7.19. The van der Waals surface area contributed by atoms with Crippen LogP contribution in [-0.4, -0.2) is 10.9 Å². The predicted molar refractivity (Wildman–Crippen MR) is 85.5 cm³/mol. The summed E-state index contributed by atoms with van der Waals surface area (Å²) in [5.74, 6) is 0.142. The van der Waals surface area contributed by atoms with Gasteiger partial charge in [-0.15, -0.1) is 22.7 Å². The van der Waals surface area contributed by atoms with E-state index in [2.05, 4.69) is 22.5 Å². The first-order valence-corrected chi connectivity index (χ1v) is 8.47. The molecule has 0 fully saturated rings. The number of hydrogen-bond acceptors (Lipinski definition) is 4. The maximum Gasteiger partial charge on any atom is 0.229 e. The molecule has 1 atom stereocenters. The molecule has 1 unspecified atom stereocenters. The van der Waals surface area contributed by atoms with Gasteiger partial charge in [-0.25, -0.2) is 4.98 Å². The van der Waals surface area contributed by atoms with Gasteiger partial charge in [0.05, 0.1) is 14.9 Å². The number of anilines is 1. The van der Waals surface area contributed by atoms with Gasteiger partial charge in [0.25, 0.3) is 0 Å². The minimum atomic E-state index is 0.0689. The second-order valence-electron chi connectivity index (χ2n) is 4.61. The van der Waals surface area contributed by atoms with Crippen LogP contribution in [0, 0.1) is 5.92 Å². The monoisotopic (exact) mass is 324 g/mol. The summed E-state index contributed by atoms with van der Waals surface area (Å²) in [6, 6.07) is 3.80. The maximum atomic E-state index is 12.1. The van der Waals surface area contributed by atoms with Crippen LogP contribution < -0.4 is 5.32 Å². The summed E-state index contributed by atoms with van der Waals surface area (Å²) in [7, 11) is 0. The van der Waals surface area contributed by atoms with Crippen LogP contribution in [0.15, 0.2) is 29.7 Å². The van der Waals surface area contributed by atoms with Gasteiger partial charge < -0.3 is 5.32 Å². The number of rotatable bonds is 3. The highest BCUT2D eigenvalue weighted by atomic mass is 35.5. The van der Waals surface area contributed by atoms with Gasteiger partial charge in [-0.05, 0) is 31.4 Å². The third-order valence-corrected chi connectivity index (χ3v) is 5.21. The summed E-state index contributed by atoms with van der Waals surface area (Å²) < 4.78 is 0.743. The molecule has 2 heterocycles. The van der Waals surface area contributed by atoms with E-state index in [1.165, 1.54) is 22.7 Å². The maximum absolute atomic E-state index is 12.1. The molecular formula is C14H13ClN2OS2. The molecule has 1 amide bonds. The normalized spacial score (nSPS) is 18.1. The van der Waals surface area contributed by atoms with Crippen LogP contribution in [0.25, 0.3) is 10.6 Å². The number of thiophene rings is 1. The van der Waals surface area contributed by atoms with Crippen molar-refractivity contribution in [2.24, 2.45) is 5.92 Å². The van der Waals surface area contributed by atoms with Crippen LogP contribution in [0.3, 0.4) is 0 Å². The SMILES string of the molecule is O=C(Nc1nc(-c2ccc(Cl)s2)cs1)C1CC=CCC1. The van der Waals surface area contributed by atoms with E-state index in [0.717, 1.165) is 34.2 Å². The Kier molecular flexibility index (Phi) is 4.19. The highest BCUT2D eigenvalue weighted by molar-refractivity contribution is 7.20. The Bertz CT molecular complexity index is 647. The van der Waals surface area contributed by atoms with Crippen LogP contribution in [0.4, 0.5) is 5.13 Å². The molecule has 6 heteroatoms. The zero-order valence-corrected chi connectivity index (χ0v) is 13.0. The van der Waals surface area contributed by atoms with Gasteiger partial charge in [0.15, 0.2) is 5.13 Å². The quantitative estimate of drug-likeness (QED) is 0.822. The van der Waals surface area contributed by atoms with Crippen LogP contribution in [-0.2, 0) is 4.79 Å². The summed E-state index contributed by atoms with van der Waals surface area (Å²) >= 11 is 8.86. The van der Waals surface area contributed by atoms with E-state index in [1.54, 1.807) is 0 Å². The Labute approximate surface area is 130 Å². The van der Waals surface area contributed by atoms with Crippen molar-refractivity contribution in [3.8, 4) is 10.6 Å². The molecule has 1 N–H and O–H groups in total. The van der Waals surface area contributed by atoms with E-state index >= 15 is 0 Å². The molecule has 2 aromatic heterocycles. The van der Waals surface area contributed by atoms with Crippen molar-refractivity contribution < 1.29 is 4.79 Å². The summed E-state index contributed by atoms with van der Waals surface area (Å²) in [4.78, 5) is 17.6. The lowest BCUT2D eigenvalue weighted by atomic mass is 9.94. The number of amides is 1. The molecule has 1 aliphatic carbocycles. The molecule has 0 aliphatic heterocycles. The van der Waals surface area contributed by atoms with Crippen molar-refractivity contribution in [1.82, 2.24) is 4.98 Å². The van der Waals surface area contributed by atoms with Crippen molar-refractivity contribution in [2.45, 2.75) is 19.3 Å². The van der Waals surface area contributed by atoms with Gasteiger partial charge in [0, 0.05) is 11.3 Å². The third-order valence-electron chi connectivity index (χ3n) is 3.20. The molecule has 1 aliphatic rings. The van der Waals surface area contributed by atoms with Crippen LogP contribution in [0.5, 0.6) is 0 Å². The highest BCUT2D eigenvalue weighted by Crippen LogP contribution is 2.33. The Morgan fingerprint density at radius 3 is 3.00 bits per heavy atom. The molecule has 3 nitrogen and oxygen atoms in total. The number of carbonyl (C=O) groups excluding carboxylic acids is 1. The Morgan fingerprint density at radius 1 is 1.40 bits per heavy atom. The van der Waals surface area contributed by atoms with Gasteiger partial charge in [-0.2, -0.15) is 0 Å². The van der Waals surface area contributed by atoms with Crippen LogP contribution in [0.2, 0.25) is 4.34 Å². The largest absolute Gasteiger partial charge is 0.302 e. The average Bonchev–Trinajstić information content (AvgIpc) is 3.09. The second kappa shape index (κ2) is 6.08. The first kappa shape index (κ1) is 13.8. The number of nitrogens with one attached hydrogen (secondary N) is 1. The molecule has 0 saturated carbocycles. The number of allylic oxidation sites excluding steroid dienone is 2. The van der Waals surface area contributed by atoms with Crippen molar-refractivity contribution >= 4 is 45.3 Å².